The van der Waals surface area contributed by atoms with Crippen molar-refractivity contribution in [2.75, 3.05) is 32.1 Å². The second kappa shape index (κ2) is 8.17. The maximum atomic E-state index is 12.6. The second-order valence-electron chi connectivity index (χ2n) is 6.69. The molecule has 0 spiro atoms. The van der Waals surface area contributed by atoms with Gasteiger partial charge in [-0.05, 0) is 55.9 Å². The fourth-order valence-corrected chi connectivity index (χ4v) is 5.25. The minimum Gasteiger partial charge on any atom is -0.490 e. The Morgan fingerprint density at radius 2 is 1.76 bits per heavy atom. The maximum Gasteiger partial charge on any atom is 0.214 e. The lowest BCUT2D eigenvalue weighted by Gasteiger charge is -2.33. The van der Waals surface area contributed by atoms with Crippen LogP contribution >= 0.6 is 0 Å². The van der Waals surface area contributed by atoms with Crippen molar-refractivity contribution in [3.05, 3.63) is 29.8 Å². The molecule has 25 heavy (non-hydrogen) atoms. The molecule has 0 aromatic heterocycles. The summed E-state index contributed by atoms with van der Waals surface area (Å²) >= 11 is 0. The fraction of sp³-hybridized carbons (Fsp3) is 0.611. The molecule has 1 aromatic rings. The van der Waals surface area contributed by atoms with Crippen LogP contribution in [0.3, 0.4) is 0 Å². The van der Waals surface area contributed by atoms with Crippen LogP contribution in [0.1, 0.15) is 31.2 Å². The molecule has 2 aliphatic rings. The number of piperidine rings is 1. The maximum absolute atomic E-state index is 12.6. The molecular formula is C18H24N2O4S. The number of nitriles is 1. The van der Waals surface area contributed by atoms with Crippen molar-refractivity contribution in [2.24, 2.45) is 5.92 Å². The smallest absolute Gasteiger partial charge is 0.214 e. The van der Waals surface area contributed by atoms with E-state index in [9.17, 15) is 8.42 Å². The third-order valence-electron chi connectivity index (χ3n) is 4.87. The SMILES string of the molecule is N#Cc1ccc(OC2CCN(S(=O)(=O)CC3CCOCC3)CC2)cc1. The molecule has 2 fully saturated rings. The van der Waals surface area contributed by atoms with E-state index in [0.29, 0.717) is 44.7 Å². The Kier molecular flexibility index (Phi) is 5.94. The lowest BCUT2D eigenvalue weighted by atomic mass is 10.0. The number of nitrogens with zero attached hydrogens (tertiary/aromatic N) is 2. The van der Waals surface area contributed by atoms with Crippen molar-refractivity contribution in [3.8, 4) is 11.8 Å². The number of ether oxygens (including phenoxy) is 2. The van der Waals surface area contributed by atoms with Crippen molar-refractivity contribution < 1.29 is 17.9 Å². The highest BCUT2D eigenvalue weighted by molar-refractivity contribution is 7.89. The zero-order valence-electron chi connectivity index (χ0n) is 14.3. The van der Waals surface area contributed by atoms with Gasteiger partial charge in [0.2, 0.25) is 10.0 Å². The van der Waals surface area contributed by atoms with Crippen molar-refractivity contribution >= 4 is 10.0 Å². The number of sulfonamides is 1. The molecule has 6 nitrogen and oxygen atoms in total. The van der Waals surface area contributed by atoms with Crippen LogP contribution in [0.25, 0.3) is 0 Å². The molecule has 2 aliphatic heterocycles. The van der Waals surface area contributed by atoms with Gasteiger partial charge in [-0.15, -0.1) is 0 Å². The predicted octanol–water partition coefficient (Wildman–Crippen LogP) is 2.16. The first kappa shape index (κ1) is 18.2. The summed E-state index contributed by atoms with van der Waals surface area (Å²) in [5.41, 5.74) is 0.598. The van der Waals surface area contributed by atoms with Crippen molar-refractivity contribution in [1.82, 2.24) is 4.31 Å². The molecule has 0 N–H and O–H groups in total. The lowest BCUT2D eigenvalue weighted by molar-refractivity contribution is 0.0718. The molecule has 0 atom stereocenters. The molecule has 0 aliphatic carbocycles. The van der Waals surface area contributed by atoms with Gasteiger partial charge in [0, 0.05) is 26.3 Å². The van der Waals surface area contributed by atoms with Crippen LogP contribution in [0.15, 0.2) is 24.3 Å². The third-order valence-corrected chi connectivity index (χ3v) is 6.91. The molecule has 0 bridgehead atoms. The molecule has 1 aromatic carbocycles. The standard InChI is InChI=1S/C18H24N2O4S/c19-13-15-1-3-17(4-2-15)24-18-5-9-20(10-6-18)25(21,22)14-16-7-11-23-12-8-16/h1-4,16,18H,5-12,14H2. The molecular weight excluding hydrogens is 340 g/mol. The van der Waals surface area contributed by atoms with Crippen LogP contribution in [-0.2, 0) is 14.8 Å². The van der Waals surface area contributed by atoms with E-state index in [1.807, 2.05) is 0 Å². The average molecular weight is 364 g/mol. The first-order chi connectivity index (χ1) is 12.1. The van der Waals surface area contributed by atoms with Crippen LogP contribution in [0, 0.1) is 17.2 Å². The number of hydrogen-bond acceptors (Lipinski definition) is 5. The normalized spacial score (nSPS) is 20.9. The van der Waals surface area contributed by atoms with Gasteiger partial charge >= 0.3 is 0 Å². The van der Waals surface area contributed by atoms with E-state index in [0.717, 1.165) is 18.6 Å². The van der Waals surface area contributed by atoms with Gasteiger partial charge in [0.25, 0.3) is 0 Å². The summed E-state index contributed by atoms with van der Waals surface area (Å²) in [4.78, 5) is 0. The van der Waals surface area contributed by atoms with Crippen molar-refractivity contribution in [1.29, 1.82) is 5.26 Å². The van der Waals surface area contributed by atoms with Gasteiger partial charge < -0.3 is 9.47 Å². The fourth-order valence-electron chi connectivity index (χ4n) is 3.34. The summed E-state index contributed by atoms with van der Waals surface area (Å²) < 4.78 is 38.0. The number of benzene rings is 1. The highest BCUT2D eigenvalue weighted by atomic mass is 32.2. The summed E-state index contributed by atoms with van der Waals surface area (Å²) in [5, 5.41) is 8.81. The van der Waals surface area contributed by atoms with Crippen LogP contribution in [0.2, 0.25) is 0 Å². The number of hydrogen-bond donors (Lipinski definition) is 0. The summed E-state index contributed by atoms with van der Waals surface area (Å²) in [5.74, 6) is 1.17. The topological polar surface area (TPSA) is 79.6 Å². The van der Waals surface area contributed by atoms with Gasteiger partial charge in [-0.2, -0.15) is 5.26 Å². The molecule has 0 unspecified atom stereocenters. The van der Waals surface area contributed by atoms with Gasteiger partial charge in [0.1, 0.15) is 11.9 Å². The Labute approximate surface area is 149 Å². The predicted molar refractivity (Wildman–Crippen MR) is 93.7 cm³/mol. The minimum absolute atomic E-state index is 0.0162. The Hall–Kier alpha value is -1.62. The quantitative estimate of drug-likeness (QED) is 0.800. The van der Waals surface area contributed by atoms with E-state index in [2.05, 4.69) is 6.07 Å². The monoisotopic (exact) mass is 364 g/mol. The van der Waals surface area contributed by atoms with E-state index >= 15 is 0 Å². The average Bonchev–Trinajstić information content (AvgIpc) is 2.63. The molecule has 0 amide bonds. The third kappa shape index (κ3) is 4.94. The zero-order valence-corrected chi connectivity index (χ0v) is 15.1. The summed E-state index contributed by atoms with van der Waals surface area (Å²) in [6, 6.07) is 9.10. The van der Waals surface area contributed by atoms with Crippen LogP contribution in [-0.4, -0.2) is 50.9 Å². The summed E-state index contributed by atoms with van der Waals surface area (Å²) in [6.07, 6.45) is 3.05. The Morgan fingerprint density at radius 3 is 2.36 bits per heavy atom. The second-order valence-corrected chi connectivity index (χ2v) is 8.70. The van der Waals surface area contributed by atoms with E-state index in [4.69, 9.17) is 14.7 Å². The van der Waals surface area contributed by atoms with E-state index in [-0.39, 0.29) is 17.8 Å². The Balaban J connectivity index is 1.49. The molecule has 0 radical (unpaired) electrons. The molecule has 7 heteroatoms. The van der Waals surface area contributed by atoms with E-state index in [1.165, 1.54) is 0 Å². The van der Waals surface area contributed by atoms with Gasteiger partial charge in [0.05, 0.1) is 17.4 Å². The molecule has 2 heterocycles. The van der Waals surface area contributed by atoms with Crippen LogP contribution < -0.4 is 4.74 Å². The minimum atomic E-state index is -3.20. The summed E-state index contributed by atoms with van der Waals surface area (Å²) in [7, 11) is -3.20. The van der Waals surface area contributed by atoms with E-state index in [1.54, 1.807) is 28.6 Å². The Bertz CT molecular complexity index is 698. The zero-order chi connectivity index (χ0) is 17.7. The van der Waals surface area contributed by atoms with Crippen LogP contribution in [0.5, 0.6) is 5.75 Å². The van der Waals surface area contributed by atoms with Gasteiger partial charge in [-0.3, -0.25) is 0 Å². The van der Waals surface area contributed by atoms with Crippen molar-refractivity contribution in [3.63, 3.8) is 0 Å². The Morgan fingerprint density at radius 1 is 1.12 bits per heavy atom. The van der Waals surface area contributed by atoms with E-state index < -0.39 is 10.0 Å². The first-order valence-electron chi connectivity index (χ1n) is 8.79. The highest BCUT2D eigenvalue weighted by Gasteiger charge is 2.31. The molecule has 0 saturated carbocycles. The van der Waals surface area contributed by atoms with Gasteiger partial charge in [0.15, 0.2) is 0 Å². The summed E-state index contributed by atoms with van der Waals surface area (Å²) in [6.45, 7) is 2.35. The lowest BCUT2D eigenvalue weighted by Crippen LogP contribution is -2.44. The van der Waals surface area contributed by atoms with Gasteiger partial charge in [-0.1, -0.05) is 0 Å². The largest absolute Gasteiger partial charge is 0.490 e. The van der Waals surface area contributed by atoms with Crippen molar-refractivity contribution in [2.45, 2.75) is 31.8 Å². The number of rotatable bonds is 5. The first-order valence-corrected chi connectivity index (χ1v) is 10.4. The van der Waals surface area contributed by atoms with Gasteiger partial charge in [-0.25, -0.2) is 12.7 Å². The molecule has 3 rings (SSSR count). The highest BCUT2D eigenvalue weighted by Crippen LogP contribution is 2.24. The molecule has 2 saturated heterocycles. The van der Waals surface area contributed by atoms with Crippen LogP contribution in [0.4, 0.5) is 0 Å². The molecule has 136 valence electrons.